The van der Waals surface area contributed by atoms with Crippen molar-refractivity contribution in [3.63, 3.8) is 0 Å². The minimum Gasteiger partial charge on any atom is -0.383 e. The zero-order chi connectivity index (χ0) is 13.2. The zero-order valence-corrected chi connectivity index (χ0v) is 8.22. The summed E-state index contributed by atoms with van der Waals surface area (Å²) in [5.41, 5.74) is 1.82. The van der Waals surface area contributed by atoms with Gasteiger partial charge in [0, 0.05) is 11.8 Å². The summed E-state index contributed by atoms with van der Waals surface area (Å²) in [5, 5.41) is 8.38. The van der Waals surface area contributed by atoms with Gasteiger partial charge < -0.3 is 5.73 Å². The fourth-order valence-electron chi connectivity index (χ4n) is 1.35. The van der Waals surface area contributed by atoms with Crippen LogP contribution in [0.2, 0.25) is 0 Å². The fraction of sp³-hybridized carbons (Fsp3) is 0.333. The van der Waals surface area contributed by atoms with Crippen molar-refractivity contribution in [3.05, 3.63) is 22.9 Å². The van der Waals surface area contributed by atoms with Gasteiger partial charge in [0.25, 0.3) is 6.43 Å². The van der Waals surface area contributed by atoms with Crippen LogP contribution >= 0.6 is 0 Å². The summed E-state index contributed by atoms with van der Waals surface area (Å²) in [4.78, 5) is 3.08. The summed E-state index contributed by atoms with van der Waals surface area (Å²) in [6.07, 6.45) is -8.32. The van der Waals surface area contributed by atoms with Gasteiger partial charge in [0.05, 0.1) is 12.5 Å². The van der Waals surface area contributed by atoms with Crippen LogP contribution in [-0.2, 0) is 12.6 Å². The predicted octanol–water partition coefficient (Wildman–Crippen LogP) is 2.69. The number of nitriles is 1. The smallest absolute Gasteiger partial charge is 0.383 e. The lowest BCUT2D eigenvalue weighted by Crippen LogP contribution is -2.16. The Hall–Kier alpha value is -1.91. The number of aromatic nitrogens is 1. The van der Waals surface area contributed by atoms with Crippen molar-refractivity contribution < 1.29 is 22.0 Å². The van der Waals surface area contributed by atoms with Crippen LogP contribution in [0.1, 0.15) is 23.1 Å². The maximum Gasteiger partial charge on any atom is 0.420 e. The van der Waals surface area contributed by atoms with Crippen molar-refractivity contribution in [2.24, 2.45) is 0 Å². The van der Waals surface area contributed by atoms with Crippen LogP contribution < -0.4 is 5.73 Å². The number of hydrogen-bond donors (Lipinski definition) is 1. The van der Waals surface area contributed by atoms with E-state index in [2.05, 4.69) is 4.98 Å². The van der Waals surface area contributed by atoms with Crippen molar-refractivity contribution in [1.82, 2.24) is 4.98 Å². The molecule has 0 aliphatic carbocycles. The Morgan fingerprint density at radius 1 is 1.41 bits per heavy atom. The molecule has 8 heteroatoms. The van der Waals surface area contributed by atoms with Crippen LogP contribution in [0.5, 0.6) is 0 Å². The van der Waals surface area contributed by atoms with Crippen molar-refractivity contribution in [1.29, 1.82) is 5.26 Å². The van der Waals surface area contributed by atoms with Crippen molar-refractivity contribution >= 4 is 5.82 Å². The molecule has 17 heavy (non-hydrogen) atoms. The van der Waals surface area contributed by atoms with E-state index in [4.69, 9.17) is 11.0 Å². The largest absolute Gasteiger partial charge is 0.420 e. The van der Waals surface area contributed by atoms with E-state index >= 15 is 0 Å². The number of pyridine rings is 1. The van der Waals surface area contributed by atoms with Crippen LogP contribution in [0.15, 0.2) is 6.20 Å². The molecule has 0 radical (unpaired) electrons. The van der Waals surface area contributed by atoms with E-state index in [0.29, 0.717) is 6.20 Å². The van der Waals surface area contributed by atoms with Gasteiger partial charge in [-0.05, 0) is 5.56 Å². The highest BCUT2D eigenvalue weighted by Crippen LogP contribution is 2.38. The molecule has 0 aliphatic heterocycles. The molecule has 0 saturated carbocycles. The van der Waals surface area contributed by atoms with Gasteiger partial charge in [-0.3, -0.25) is 0 Å². The average molecular weight is 251 g/mol. The fourth-order valence-corrected chi connectivity index (χ4v) is 1.35. The van der Waals surface area contributed by atoms with Gasteiger partial charge in [-0.25, -0.2) is 13.8 Å². The molecule has 0 aromatic carbocycles. The highest BCUT2D eigenvalue weighted by atomic mass is 19.4. The highest BCUT2D eigenvalue weighted by molar-refractivity contribution is 5.51. The van der Waals surface area contributed by atoms with Crippen molar-refractivity contribution in [2.45, 2.75) is 19.0 Å². The number of halogens is 5. The van der Waals surface area contributed by atoms with Crippen LogP contribution in [-0.4, -0.2) is 4.98 Å². The van der Waals surface area contributed by atoms with E-state index in [1.54, 1.807) is 0 Å². The van der Waals surface area contributed by atoms with E-state index in [-0.39, 0.29) is 0 Å². The Labute approximate surface area is 92.7 Å². The first-order valence-corrected chi connectivity index (χ1v) is 4.28. The van der Waals surface area contributed by atoms with Crippen LogP contribution in [0, 0.1) is 11.3 Å². The lowest BCUT2D eigenvalue weighted by Gasteiger charge is -2.16. The second-order valence-electron chi connectivity index (χ2n) is 3.09. The third kappa shape index (κ3) is 2.61. The molecule has 3 nitrogen and oxygen atoms in total. The monoisotopic (exact) mass is 251 g/mol. The van der Waals surface area contributed by atoms with Crippen LogP contribution in [0.25, 0.3) is 0 Å². The van der Waals surface area contributed by atoms with Gasteiger partial charge in [-0.1, -0.05) is 0 Å². The minimum atomic E-state index is -4.92. The molecular weight excluding hydrogens is 245 g/mol. The Bertz CT molecular complexity index is 461. The summed E-state index contributed by atoms with van der Waals surface area (Å²) in [6.45, 7) is 0. The number of nitrogen functional groups attached to an aromatic ring is 1. The van der Waals surface area contributed by atoms with Gasteiger partial charge in [0.2, 0.25) is 0 Å². The average Bonchev–Trinajstić information content (AvgIpc) is 2.15. The number of nitrogens with two attached hydrogens (primary N) is 1. The summed E-state index contributed by atoms with van der Waals surface area (Å²) >= 11 is 0. The van der Waals surface area contributed by atoms with Crippen LogP contribution in [0.3, 0.4) is 0 Å². The van der Waals surface area contributed by atoms with Gasteiger partial charge in [0.15, 0.2) is 0 Å². The second kappa shape index (κ2) is 4.53. The van der Waals surface area contributed by atoms with Crippen molar-refractivity contribution in [2.75, 3.05) is 5.73 Å². The predicted molar refractivity (Wildman–Crippen MR) is 47.9 cm³/mol. The zero-order valence-electron chi connectivity index (χ0n) is 8.22. The number of alkyl halides is 5. The number of nitrogens with zero attached hydrogens (tertiary/aromatic N) is 2. The Morgan fingerprint density at radius 2 is 2.00 bits per heavy atom. The summed E-state index contributed by atoms with van der Waals surface area (Å²) in [6, 6.07) is 1.40. The SMILES string of the molecule is N#CCc1c(C(F)F)cnc(N)c1C(F)(F)F. The van der Waals surface area contributed by atoms with E-state index in [1.165, 1.54) is 6.07 Å². The number of anilines is 1. The lowest BCUT2D eigenvalue weighted by molar-refractivity contribution is -0.137. The van der Waals surface area contributed by atoms with E-state index in [9.17, 15) is 22.0 Å². The Balaban J connectivity index is 3.56. The van der Waals surface area contributed by atoms with E-state index < -0.39 is 41.5 Å². The number of rotatable bonds is 2. The lowest BCUT2D eigenvalue weighted by atomic mass is 10.0. The Morgan fingerprint density at radius 3 is 2.41 bits per heavy atom. The molecule has 92 valence electrons. The molecule has 1 aromatic rings. The maximum atomic E-state index is 12.6. The molecule has 0 bridgehead atoms. The summed E-state index contributed by atoms with van der Waals surface area (Å²) in [5.74, 6) is -0.910. The molecule has 0 atom stereocenters. The molecule has 0 fully saturated rings. The third-order valence-electron chi connectivity index (χ3n) is 2.02. The quantitative estimate of drug-likeness (QED) is 0.822. The first-order chi connectivity index (χ1) is 7.79. The molecular formula is C9H6F5N3. The highest BCUT2D eigenvalue weighted by Gasteiger charge is 2.38. The minimum absolute atomic E-state index is 0.557. The molecule has 1 rings (SSSR count). The van der Waals surface area contributed by atoms with Gasteiger partial charge in [-0.15, -0.1) is 0 Å². The summed E-state index contributed by atoms with van der Waals surface area (Å²) in [7, 11) is 0. The Kier molecular flexibility index (Phi) is 3.50. The third-order valence-corrected chi connectivity index (χ3v) is 2.02. The first kappa shape index (κ1) is 13.2. The molecule has 0 aliphatic rings. The molecule has 1 aromatic heterocycles. The van der Waals surface area contributed by atoms with Gasteiger partial charge >= 0.3 is 6.18 Å². The van der Waals surface area contributed by atoms with Crippen molar-refractivity contribution in [3.8, 4) is 6.07 Å². The topological polar surface area (TPSA) is 62.7 Å². The summed E-state index contributed by atoms with van der Waals surface area (Å²) < 4.78 is 62.8. The second-order valence-corrected chi connectivity index (χ2v) is 3.09. The van der Waals surface area contributed by atoms with E-state index in [1.807, 2.05) is 0 Å². The normalized spacial score (nSPS) is 11.6. The number of hydrogen-bond acceptors (Lipinski definition) is 3. The molecule has 0 unspecified atom stereocenters. The standard InChI is InChI=1S/C9H6F5N3/c10-7(11)5-3-17-8(16)6(9(12,13)14)4(5)1-2-15/h3,7H,1H2,(H2,16,17). The molecule has 0 saturated heterocycles. The molecule has 2 N–H and O–H groups in total. The maximum absolute atomic E-state index is 12.6. The molecule has 1 heterocycles. The van der Waals surface area contributed by atoms with Crippen LogP contribution in [0.4, 0.5) is 27.8 Å². The molecule has 0 amide bonds. The van der Waals surface area contributed by atoms with E-state index in [0.717, 1.165) is 0 Å². The molecule has 0 spiro atoms. The van der Waals surface area contributed by atoms with Gasteiger partial charge in [-0.2, -0.15) is 18.4 Å². The first-order valence-electron chi connectivity index (χ1n) is 4.28. The van der Waals surface area contributed by atoms with Gasteiger partial charge in [0.1, 0.15) is 11.4 Å².